The minimum atomic E-state index is -0.280. The number of fused-ring (bicyclic) bond motifs is 1. The smallest absolute Gasteiger partial charge is 0.310 e. The highest BCUT2D eigenvalue weighted by Gasteiger charge is 2.18. The van der Waals surface area contributed by atoms with E-state index in [1.54, 1.807) is 31.2 Å². The van der Waals surface area contributed by atoms with Gasteiger partial charge in [0.25, 0.3) is 0 Å². The number of hydrogen-bond acceptors (Lipinski definition) is 4. The summed E-state index contributed by atoms with van der Waals surface area (Å²) < 4.78 is 7.06. The molecule has 3 aromatic rings. The van der Waals surface area contributed by atoms with Gasteiger partial charge in [0.1, 0.15) is 5.75 Å². The summed E-state index contributed by atoms with van der Waals surface area (Å²) in [6, 6.07) is 14.4. The molecule has 5 nitrogen and oxygen atoms in total. The van der Waals surface area contributed by atoms with Crippen LogP contribution in [-0.2, 0) is 16.0 Å². The summed E-state index contributed by atoms with van der Waals surface area (Å²) in [6.45, 7) is 4.06. The molecular weight excluding hydrogens is 316 g/mol. The van der Waals surface area contributed by atoms with Gasteiger partial charge in [0.05, 0.1) is 30.2 Å². The second-order valence-electron chi connectivity index (χ2n) is 5.74. The molecule has 126 valence electrons. The number of rotatable bonds is 4. The SMILES string of the molecule is CCOC(=O)Cc1c(C)n(-c2ccc(C#N)cc2)c2cc(O)ccc12. The first-order valence-electron chi connectivity index (χ1n) is 8.04. The summed E-state index contributed by atoms with van der Waals surface area (Å²) in [4.78, 5) is 12.0. The number of benzene rings is 2. The number of aromatic nitrogens is 1. The molecule has 1 aromatic heterocycles. The Balaban J connectivity index is 2.20. The van der Waals surface area contributed by atoms with E-state index in [1.165, 1.54) is 0 Å². The molecule has 3 rings (SSSR count). The Bertz CT molecular complexity index is 979. The van der Waals surface area contributed by atoms with Crippen molar-refractivity contribution in [1.29, 1.82) is 5.26 Å². The van der Waals surface area contributed by atoms with Gasteiger partial charge in [-0.1, -0.05) is 0 Å². The average molecular weight is 334 g/mol. The Morgan fingerprint density at radius 2 is 1.96 bits per heavy atom. The third-order valence-corrected chi connectivity index (χ3v) is 4.20. The number of carbonyl (C=O) groups is 1. The highest BCUT2D eigenvalue weighted by atomic mass is 16.5. The van der Waals surface area contributed by atoms with Crippen molar-refractivity contribution >= 4 is 16.9 Å². The van der Waals surface area contributed by atoms with Crippen molar-refractivity contribution in [2.75, 3.05) is 6.61 Å². The molecule has 0 amide bonds. The van der Waals surface area contributed by atoms with E-state index in [9.17, 15) is 9.90 Å². The maximum absolute atomic E-state index is 12.0. The first kappa shape index (κ1) is 16.6. The van der Waals surface area contributed by atoms with Crippen LogP contribution in [0.3, 0.4) is 0 Å². The van der Waals surface area contributed by atoms with E-state index >= 15 is 0 Å². The summed E-state index contributed by atoms with van der Waals surface area (Å²) in [5.74, 6) is -0.125. The van der Waals surface area contributed by atoms with Crippen LogP contribution in [0, 0.1) is 18.3 Å². The number of phenolic OH excluding ortho intramolecular Hbond substituents is 1. The molecule has 0 bridgehead atoms. The average Bonchev–Trinajstić information content (AvgIpc) is 2.86. The molecular formula is C20H18N2O3. The van der Waals surface area contributed by atoms with E-state index in [4.69, 9.17) is 10.00 Å². The van der Waals surface area contributed by atoms with E-state index in [0.29, 0.717) is 12.2 Å². The largest absolute Gasteiger partial charge is 0.508 e. The Kier molecular flexibility index (Phi) is 4.44. The zero-order valence-electron chi connectivity index (χ0n) is 14.1. The summed E-state index contributed by atoms with van der Waals surface area (Å²) in [5, 5.41) is 19.8. The molecule has 0 fully saturated rings. The van der Waals surface area contributed by atoms with Crippen LogP contribution in [-0.4, -0.2) is 22.2 Å². The highest BCUT2D eigenvalue weighted by molar-refractivity contribution is 5.91. The molecule has 25 heavy (non-hydrogen) atoms. The lowest BCUT2D eigenvalue weighted by atomic mass is 10.1. The first-order valence-corrected chi connectivity index (χ1v) is 8.04. The van der Waals surface area contributed by atoms with Crippen LogP contribution in [0.5, 0.6) is 5.75 Å². The van der Waals surface area contributed by atoms with Crippen molar-refractivity contribution < 1.29 is 14.6 Å². The Morgan fingerprint density at radius 3 is 2.60 bits per heavy atom. The predicted octanol–water partition coefficient (Wildman–Crippen LogP) is 3.62. The minimum absolute atomic E-state index is 0.155. The lowest BCUT2D eigenvalue weighted by Crippen LogP contribution is -2.08. The zero-order valence-corrected chi connectivity index (χ0v) is 14.1. The number of nitriles is 1. The number of nitrogens with zero attached hydrogens (tertiary/aromatic N) is 2. The number of esters is 1. The topological polar surface area (TPSA) is 75.2 Å². The molecule has 0 radical (unpaired) electrons. The van der Waals surface area contributed by atoms with E-state index in [1.807, 2.05) is 29.7 Å². The second kappa shape index (κ2) is 6.70. The van der Waals surface area contributed by atoms with Crippen molar-refractivity contribution in [2.24, 2.45) is 0 Å². The molecule has 1 N–H and O–H groups in total. The van der Waals surface area contributed by atoms with Crippen LogP contribution in [0.25, 0.3) is 16.6 Å². The molecule has 0 atom stereocenters. The normalized spacial score (nSPS) is 10.6. The molecule has 1 heterocycles. The summed E-state index contributed by atoms with van der Waals surface area (Å²) in [6.07, 6.45) is 0.171. The number of carbonyl (C=O) groups excluding carboxylic acids is 1. The van der Waals surface area contributed by atoms with Crippen LogP contribution in [0.15, 0.2) is 42.5 Å². The monoisotopic (exact) mass is 334 g/mol. The van der Waals surface area contributed by atoms with Gasteiger partial charge in [-0.05, 0) is 55.8 Å². The Morgan fingerprint density at radius 1 is 1.24 bits per heavy atom. The van der Waals surface area contributed by atoms with E-state index < -0.39 is 0 Å². The van der Waals surface area contributed by atoms with Crippen molar-refractivity contribution in [3.8, 4) is 17.5 Å². The summed E-state index contributed by atoms with van der Waals surface area (Å²) in [5.41, 5.74) is 4.02. The Hall–Kier alpha value is -3.26. The van der Waals surface area contributed by atoms with Crippen molar-refractivity contribution in [2.45, 2.75) is 20.3 Å². The van der Waals surface area contributed by atoms with Crippen LogP contribution in [0.4, 0.5) is 0 Å². The fourth-order valence-corrected chi connectivity index (χ4v) is 3.07. The third-order valence-electron chi connectivity index (χ3n) is 4.20. The molecule has 0 saturated carbocycles. The van der Waals surface area contributed by atoms with Gasteiger partial charge in [-0.15, -0.1) is 0 Å². The van der Waals surface area contributed by atoms with Crippen molar-refractivity contribution in [3.63, 3.8) is 0 Å². The van der Waals surface area contributed by atoms with Gasteiger partial charge in [-0.3, -0.25) is 4.79 Å². The van der Waals surface area contributed by atoms with Gasteiger partial charge in [0.2, 0.25) is 0 Å². The Labute approximate surface area is 145 Å². The predicted molar refractivity (Wildman–Crippen MR) is 94.7 cm³/mol. The first-order chi connectivity index (χ1) is 12.0. The fourth-order valence-electron chi connectivity index (χ4n) is 3.07. The van der Waals surface area contributed by atoms with Gasteiger partial charge in [-0.2, -0.15) is 5.26 Å². The standard InChI is InChI=1S/C20H18N2O3/c1-3-25-20(24)11-18-13(2)22(15-6-4-14(12-21)5-7-15)19-10-16(23)8-9-17(18)19/h4-10,23H,3,11H2,1-2H3. The molecule has 0 aliphatic rings. The quantitative estimate of drug-likeness (QED) is 0.739. The van der Waals surface area contributed by atoms with Gasteiger partial charge < -0.3 is 14.4 Å². The summed E-state index contributed by atoms with van der Waals surface area (Å²) in [7, 11) is 0. The maximum Gasteiger partial charge on any atom is 0.310 e. The van der Waals surface area contributed by atoms with Crippen LogP contribution in [0.2, 0.25) is 0 Å². The second-order valence-corrected chi connectivity index (χ2v) is 5.74. The summed E-state index contributed by atoms with van der Waals surface area (Å²) >= 11 is 0. The molecule has 0 aliphatic heterocycles. The van der Waals surface area contributed by atoms with E-state index in [0.717, 1.165) is 27.8 Å². The molecule has 5 heteroatoms. The van der Waals surface area contributed by atoms with Gasteiger partial charge in [0.15, 0.2) is 0 Å². The number of phenols is 1. The molecule has 0 aliphatic carbocycles. The van der Waals surface area contributed by atoms with Crippen LogP contribution in [0.1, 0.15) is 23.7 Å². The molecule has 0 unspecified atom stereocenters. The van der Waals surface area contributed by atoms with E-state index in [-0.39, 0.29) is 18.1 Å². The number of ether oxygens (including phenoxy) is 1. The lowest BCUT2D eigenvalue weighted by molar-refractivity contribution is -0.142. The van der Waals surface area contributed by atoms with Crippen LogP contribution >= 0.6 is 0 Å². The van der Waals surface area contributed by atoms with Gasteiger partial charge in [-0.25, -0.2) is 0 Å². The lowest BCUT2D eigenvalue weighted by Gasteiger charge is -2.09. The van der Waals surface area contributed by atoms with Crippen LogP contribution < -0.4 is 0 Å². The van der Waals surface area contributed by atoms with Crippen molar-refractivity contribution in [1.82, 2.24) is 4.57 Å². The van der Waals surface area contributed by atoms with Gasteiger partial charge >= 0.3 is 5.97 Å². The van der Waals surface area contributed by atoms with Gasteiger partial charge in [0, 0.05) is 22.8 Å². The molecule has 0 saturated heterocycles. The minimum Gasteiger partial charge on any atom is -0.508 e. The zero-order chi connectivity index (χ0) is 18.0. The molecule has 2 aromatic carbocycles. The molecule has 0 spiro atoms. The van der Waals surface area contributed by atoms with E-state index in [2.05, 4.69) is 6.07 Å². The van der Waals surface area contributed by atoms with Crippen molar-refractivity contribution in [3.05, 3.63) is 59.3 Å². The number of aromatic hydroxyl groups is 1. The third kappa shape index (κ3) is 3.07. The fraction of sp³-hybridized carbons (Fsp3) is 0.200. The number of hydrogen-bond donors (Lipinski definition) is 1. The highest BCUT2D eigenvalue weighted by Crippen LogP contribution is 2.32. The maximum atomic E-state index is 12.0.